The molecule has 0 aliphatic carbocycles. The summed E-state index contributed by atoms with van der Waals surface area (Å²) in [6.07, 6.45) is 1.85. The summed E-state index contributed by atoms with van der Waals surface area (Å²) in [5.74, 6) is -2.82. The average Bonchev–Trinajstić information content (AvgIpc) is 2.97. The first-order chi connectivity index (χ1) is 22.2. The van der Waals surface area contributed by atoms with Crippen LogP contribution < -0.4 is 10.9 Å². The Morgan fingerprint density at radius 3 is 2.21 bits per heavy atom. The van der Waals surface area contributed by atoms with Crippen molar-refractivity contribution in [2.75, 3.05) is 34.4 Å². The lowest BCUT2D eigenvalue weighted by molar-refractivity contribution is -0.144. The van der Waals surface area contributed by atoms with E-state index in [1.165, 1.54) is 12.3 Å². The van der Waals surface area contributed by atoms with Crippen molar-refractivity contribution in [2.45, 2.75) is 79.5 Å². The van der Waals surface area contributed by atoms with Crippen molar-refractivity contribution < 1.29 is 27.8 Å². The Hall–Kier alpha value is -3.89. The van der Waals surface area contributed by atoms with Crippen LogP contribution in [0.2, 0.25) is 0 Å². The van der Waals surface area contributed by atoms with Gasteiger partial charge in [-0.15, -0.1) is 0 Å². The number of carbonyl (C=O) groups is 2. The van der Waals surface area contributed by atoms with Crippen LogP contribution in [0.25, 0.3) is 11.1 Å². The summed E-state index contributed by atoms with van der Waals surface area (Å²) < 4.78 is 42.6. The monoisotopic (exact) mass is 653 g/mol. The van der Waals surface area contributed by atoms with E-state index < -0.39 is 41.2 Å². The van der Waals surface area contributed by atoms with Crippen molar-refractivity contribution in [3.63, 3.8) is 0 Å². The number of ether oxygens (including phenoxy) is 2. The Morgan fingerprint density at radius 1 is 0.979 bits per heavy atom. The zero-order valence-electron chi connectivity index (χ0n) is 29.1. The Bertz CT molecular complexity index is 1610. The molecule has 0 saturated carbocycles. The van der Waals surface area contributed by atoms with Crippen molar-refractivity contribution in [1.29, 1.82) is 0 Å². The van der Waals surface area contributed by atoms with Gasteiger partial charge in [0.2, 0.25) is 5.91 Å². The van der Waals surface area contributed by atoms with Gasteiger partial charge in [0, 0.05) is 25.4 Å². The molecule has 0 fully saturated rings. The number of pyridine rings is 1. The summed E-state index contributed by atoms with van der Waals surface area (Å²) in [5.41, 5.74) is 4.67. The van der Waals surface area contributed by atoms with Gasteiger partial charge >= 0.3 is 5.97 Å². The molecule has 1 amide bonds. The Balaban J connectivity index is 2.14. The Kier molecular flexibility index (Phi) is 13.4. The number of esters is 1. The Labute approximate surface area is 277 Å². The molecule has 0 aliphatic rings. The van der Waals surface area contributed by atoms with Crippen LogP contribution in [0.15, 0.2) is 41.3 Å². The first-order valence-electron chi connectivity index (χ1n) is 16.1. The van der Waals surface area contributed by atoms with Crippen molar-refractivity contribution in [3.05, 3.63) is 91.9 Å². The topological polar surface area (TPSA) is 89.9 Å². The molecule has 47 heavy (non-hydrogen) atoms. The van der Waals surface area contributed by atoms with Crippen molar-refractivity contribution in [2.24, 2.45) is 5.92 Å². The van der Waals surface area contributed by atoms with E-state index in [1.54, 1.807) is 33.1 Å². The first-order valence-corrected chi connectivity index (χ1v) is 16.1. The lowest BCUT2D eigenvalue weighted by Crippen LogP contribution is -2.41. The standard InChI is InChI=1S/C37H49F2N3O5/c1-10-47-33(43)19-31(29-18-28(16-25(6)35(29)39)34-23(4)14-27(21-46-9)15-24(34)5)40-36(44)32(13-22(2)3)42-20-26(11-12-41(7)8)17-30(38)37(42)45/h14-18,20,22,31-32H,10-13,19,21H2,1-9H3,(H,40,44)/t31-,32?/m0/s1. The maximum Gasteiger partial charge on any atom is 0.308 e. The molecule has 3 aromatic rings. The van der Waals surface area contributed by atoms with Gasteiger partial charge in [0.1, 0.15) is 11.9 Å². The molecular weight excluding hydrogens is 604 g/mol. The minimum atomic E-state index is -1.12. The van der Waals surface area contributed by atoms with E-state index in [2.05, 4.69) is 5.32 Å². The fourth-order valence-electron chi connectivity index (χ4n) is 5.98. The molecule has 2 aromatic carbocycles. The summed E-state index contributed by atoms with van der Waals surface area (Å²) in [6, 6.07) is 6.40. The number of halogens is 2. The molecule has 1 heterocycles. The zero-order chi connectivity index (χ0) is 35.0. The van der Waals surface area contributed by atoms with Crippen LogP contribution >= 0.6 is 0 Å². The van der Waals surface area contributed by atoms with Crippen LogP contribution in [0.3, 0.4) is 0 Å². The molecular formula is C37H49F2N3O5. The number of hydrogen-bond acceptors (Lipinski definition) is 6. The average molecular weight is 654 g/mol. The zero-order valence-corrected chi connectivity index (χ0v) is 29.1. The number of amides is 1. The van der Waals surface area contributed by atoms with Crippen molar-refractivity contribution in [3.8, 4) is 11.1 Å². The van der Waals surface area contributed by atoms with E-state index in [0.29, 0.717) is 30.7 Å². The van der Waals surface area contributed by atoms with Gasteiger partial charge in [-0.3, -0.25) is 14.4 Å². The van der Waals surface area contributed by atoms with Gasteiger partial charge in [0.05, 0.1) is 25.7 Å². The highest BCUT2D eigenvalue weighted by Gasteiger charge is 2.30. The summed E-state index contributed by atoms with van der Waals surface area (Å²) in [4.78, 5) is 42.0. The highest BCUT2D eigenvalue weighted by molar-refractivity contribution is 5.82. The van der Waals surface area contributed by atoms with E-state index in [1.807, 2.05) is 58.8 Å². The quantitative estimate of drug-likeness (QED) is 0.192. The predicted octanol–water partition coefficient (Wildman–Crippen LogP) is 6.37. The number of carbonyl (C=O) groups excluding carboxylic acids is 2. The van der Waals surface area contributed by atoms with E-state index in [-0.39, 0.29) is 30.9 Å². The maximum absolute atomic E-state index is 16.0. The third-order valence-electron chi connectivity index (χ3n) is 8.08. The number of hydrogen-bond donors (Lipinski definition) is 1. The lowest BCUT2D eigenvalue weighted by Gasteiger charge is -2.27. The lowest BCUT2D eigenvalue weighted by atomic mass is 9.89. The van der Waals surface area contributed by atoms with E-state index in [0.717, 1.165) is 32.4 Å². The molecule has 10 heteroatoms. The van der Waals surface area contributed by atoms with Gasteiger partial charge in [-0.05, 0) is 118 Å². The number of methoxy groups -OCH3 is 1. The molecule has 0 bridgehead atoms. The number of likely N-dealkylation sites (N-methyl/N-ethyl adjacent to an activating group) is 1. The van der Waals surface area contributed by atoms with E-state index in [9.17, 15) is 18.8 Å². The molecule has 256 valence electrons. The molecule has 0 radical (unpaired) electrons. The van der Waals surface area contributed by atoms with Crippen LogP contribution in [0.4, 0.5) is 8.78 Å². The van der Waals surface area contributed by atoms with Gasteiger partial charge in [0.25, 0.3) is 5.56 Å². The van der Waals surface area contributed by atoms with Crippen LogP contribution in [0.1, 0.15) is 79.1 Å². The maximum atomic E-state index is 16.0. The van der Waals surface area contributed by atoms with E-state index >= 15 is 4.39 Å². The third kappa shape index (κ3) is 9.81. The second kappa shape index (κ2) is 16.8. The molecule has 0 aliphatic heterocycles. The van der Waals surface area contributed by atoms with Crippen molar-refractivity contribution >= 4 is 11.9 Å². The highest BCUT2D eigenvalue weighted by Crippen LogP contribution is 2.34. The smallest absolute Gasteiger partial charge is 0.308 e. The van der Waals surface area contributed by atoms with Gasteiger partial charge in [-0.1, -0.05) is 26.0 Å². The molecule has 3 rings (SSSR count). The number of benzene rings is 2. The normalized spacial score (nSPS) is 12.8. The summed E-state index contributed by atoms with van der Waals surface area (Å²) >= 11 is 0. The van der Waals surface area contributed by atoms with Crippen LogP contribution in [0.5, 0.6) is 0 Å². The first kappa shape index (κ1) is 37.6. The number of aryl methyl sites for hydroxylation is 3. The number of aromatic nitrogens is 1. The van der Waals surface area contributed by atoms with Gasteiger partial charge in [-0.25, -0.2) is 8.78 Å². The SMILES string of the molecule is CCOC(=O)C[C@H](NC(=O)C(CC(C)C)n1cc(CCN(C)C)cc(F)c1=O)c1cc(-c2c(C)cc(COC)cc2C)cc(C)c1F. The molecule has 0 saturated heterocycles. The van der Waals surface area contributed by atoms with Crippen LogP contribution in [-0.2, 0) is 32.1 Å². The number of nitrogens with zero attached hydrogens (tertiary/aromatic N) is 2. The van der Waals surface area contributed by atoms with Crippen LogP contribution in [0, 0.1) is 38.3 Å². The fourth-order valence-corrected chi connectivity index (χ4v) is 5.98. The highest BCUT2D eigenvalue weighted by atomic mass is 19.1. The second-order valence-electron chi connectivity index (χ2n) is 12.9. The largest absolute Gasteiger partial charge is 0.466 e. The number of rotatable bonds is 15. The fraction of sp³-hybridized carbons (Fsp3) is 0.486. The molecule has 0 spiro atoms. The van der Waals surface area contributed by atoms with Gasteiger partial charge < -0.3 is 24.3 Å². The van der Waals surface area contributed by atoms with Crippen LogP contribution in [-0.4, -0.2) is 55.7 Å². The molecule has 1 N–H and O–H groups in total. The summed E-state index contributed by atoms with van der Waals surface area (Å²) in [7, 11) is 5.41. The van der Waals surface area contributed by atoms with Gasteiger partial charge in [0.15, 0.2) is 5.82 Å². The minimum absolute atomic E-state index is 0.0519. The molecule has 2 atom stereocenters. The predicted molar refractivity (Wildman–Crippen MR) is 180 cm³/mol. The minimum Gasteiger partial charge on any atom is -0.466 e. The molecule has 8 nitrogen and oxygen atoms in total. The van der Waals surface area contributed by atoms with Crippen molar-refractivity contribution in [1.82, 2.24) is 14.8 Å². The third-order valence-corrected chi connectivity index (χ3v) is 8.08. The van der Waals surface area contributed by atoms with E-state index in [4.69, 9.17) is 9.47 Å². The molecule has 1 aromatic heterocycles. The number of nitrogens with one attached hydrogen (secondary N) is 1. The second-order valence-corrected chi connectivity index (χ2v) is 12.9. The molecule has 1 unspecified atom stereocenters. The Morgan fingerprint density at radius 2 is 1.64 bits per heavy atom. The van der Waals surface area contributed by atoms with Gasteiger partial charge in [-0.2, -0.15) is 0 Å². The summed E-state index contributed by atoms with van der Waals surface area (Å²) in [5, 5.41) is 2.86. The summed E-state index contributed by atoms with van der Waals surface area (Å²) in [6.45, 7) is 12.2.